The summed E-state index contributed by atoms with van der Waals surface area (Å²) in [6.07, 6.45) is 11.9. The van der Waals surface area contributed by atoms with Crippen molar-refractivity contribution in [2.45, 2.75) is 26.2 Å². The average molecular weight is 1260 g/mol. The van der Waals surface area contributed by atoms with Crippen LogP contribution in [0, 0.1) is 111 Å². The molecule has 70 heavy (non-hydrogen) atoms. The Morgan fingerprint density at radius 2 is 0.571 bits per heavy atom. The van der Waals surface area contributed by atoms with Crippen LogP contribution in [0.4, 0.5) is 0 Å². The van der Waals surface area contributed by atoms with Gasteiger partial charge in [-0.05, 0) is 90.2 Å². The van der Waals surface area contributed by atoms with E-state index in [-0.39, 0.29) is 106 Å². The van der Waals surface area contributed by atoms with Crippen molar-refractivity contribution in [1.29, 1.82) is 0 Å². The summed E-state index contributed by atoms with van der Waals surface area (Å²) in [6.45, 7) is -1.19. The smallest absolute Gasteiger partial charge is 0.548 e. The van der Waals surface area contributed by atoms with Gasteiger partial charge in [-0.2, -0.15) is 0 Å². The molecule has 0 aliphatic heterocycles. The van der Waals surface area contributed by atoms with Gasteiger partial charge >= 0.3 is 79.9 Å². The van der Waals surface area contributed by atoms with Crippen molar-refractivity contribution in [2.24, 2.45) is 0 Å². The molecular formula is C32H28Gd2N22O14. The molecule has 8 aromatic heterocycles. The van der Waals surface area contributed by atoms with Crippen LogP contribution in [0.2, 0.25) is 0 Å². The zero-order valence-corrected chi connectivity index (χ0v) is 39.2. The van der Waals surface area contributed by atoms with Crippen molar-refractivity contribution in [3.63, 3.8) is 0 Å². The number of carboxylic acids is 4. The Labute approximate surface area is 453 Å². The Hall–Kier alpha value is -8.19. The van der Waals surface area contributed by atoms with Gasteiger partial charge in [0.25, 0.3) is 0 Å². The van der Waals surface area contributed by atoms with Crippen molar-refractivity contribution in [1.82, 2.24) is 101 Å². The van der Waals surface area contributed by atoms with Gasteiger partial charge in [0.15, 0.2) is 0 Å². The molecule has 0 aliphatic rings. The first-order valence-corrected chi connectivity index (χ1v) is 17.5. The van der Waals surface area contributed by atoms with Crippen LogP contribution < -0.4 is 20.4 Å². The summed E-state index contributed by atoms with van der Waals surface area (Å²) in [5.41, 5.74) is 3.66. The predicted octanol–water partition coefficient (Wildman–Crippen LogP) is -6.50. The second-order valence-corrected chi connectivity index (χ2v) is 10.8. The van der Waals surface area contributed by atoms with E-state index in [0.717, 1.165) is 41.5 Å². The van der Waals surface area contributed by atoms with Crippen molar-refractivity contribution in [3.8, 4) is 22.8 Å². The average Bonchev–Trinajstić information content (AvgIpc) is 4.17. The summed E-state index contributed by atoms with van der Waals surface area (Å²) in [5.74, 6) is -4.82. The molecule has 8 aromatic rings. The second-order valence-electron chi connectivity index (χ2n) is 10.8. The molecule has 2 radical (unpaired) electrons. The van der Waals surface area contributed by atoms with E-state index in [0.29, 0.717) is 0 Å². The number of carboxylic acid groups (broad SMARTS) is 4. The van der Waals surface area contributed by atoms with Crippen LogP contribution in [0.5, 0.6) is 0 Å². The Morgan fingerprint density at radius 3 is 0.686 bits per heavy atom. The number of pyridine rings is 4. The number of carbonyl (C=O) groups excluding carboxylic acids is 4. The number of hydrogen-bond donors (Lipinski definition) is 0. The summed E-state index contributed by atoms with van der Waals surface area (Å²) in [6, 6.07) is 23.2. The van der Waals surface area contributed by atoms with E-state index >= 15 is 0 Å². The maximum atomic E-state index is 9.84. The van der Waals surface area contributed by atoms with Gasteiger partial charge in [0, 0.05) is 24.8 Å². The standard InChI is InChI=1S/2C10H8N2.4C3H4N4O2.2Gd.2NO3/c2*1-3-7-11-9(5-1)10-6-2-4-8-12-10;4*8-3(9)1-7-2-4-5-6-7;;;2*2-1(3)4/h2*1-8H;4*2H,1H2,(H,8,9);;;;/q;;;;;;2*+3;2*-1/p-4. The Bertz CT molecular complexity index is 2210. The third kappa shape index (κ3) is 36.0. The van der Waals surface area contributed by atoms with Crippen molar-refractivity contribution in [2.75, 3.05) is 0 Å². The second kappa shape index (κ2) is 39.9. The van der Waals surface area contributed by atoms with Crippen LogP contribution in [-0.4, -0.2) is 135 Å². The van der Waals surface area contributed by atoms with Crippen molar-refractivity contribution in [3.05, 3.63) is 154 Å². The van der Waals surface area contributed by atoms with Gasteiger partial charge in [0.1, 0.15) is 25.3 Å². The van der Waals surface area contributed by atoms with E-state index in [1.165, 1.54) is 25.3 Å². The first-order chi connectivity index (χ1) is 32.5. The van der Waals surface area contributed by atoms with Gasteiger partial charge in [-0.25, -0.2) is 18.7 Å². The molecule has 0 aliphatic carbocycles. The molecule has 0 spiro atoms. The van der Waals surface area contributed by atoms with E-state index in [9.17, 15) is 39.6 Å². The zero-order valence-electron chi connectivity index (χ0n) is 34.6. The molecule has 366 valence electrons. The Balaban J connectivity index is 0. The number of carbonyl (C=O) groups is 4. The van der Waals surface area contributed by atoms with Gasteiger partial charge in [0.2, 0.25) is 0 Å². The molecule has 8 heterocycles. The number of aliphatic carboxylic acids is 4. The quantitative estimate of drug-likeness (QED) is 0.0907. The van der Waals surface area contributed by atoms with Crippen LogP contribution in [-0.2, 0) is 45.4 Å². The molecule has 0 N–H and O–H groups in total. The monoisotopic (exact) mass is 1260 g/mol. The molecule has 0 unspecified atom stereocenters. The fourth-order valence-electron chi connectivity index (χ4n) is 3.60. The molecule has 0 saturated heterocycles. The molecule has 0 fully saturated rings. The van der Waals surface area contributed by atoms with E-state index in [2.05, 4.69) is 82.0 Å². The van der Waals surface area contributed by atoms with Gasteiger partial charge in [-0.3, -0.25) is 19.9 Å². The number of aromatic nitrogens is 20. The minimum absolute atomic E-state index is 0. The van der Waals surface area contributed by atoms with E-state index in [1.54, 1.807) is 24.8 Å². The summed E-state index contributed by atoms with van der Waals surface area (Å²) in [7, 11) is 0. The predicted molar refractivity (Wildman–Crippen MR) is 207 cm³/mol. The molecule has 0 atom stereocenters. The molecule has 38 heteroatoms. The van der Waals surface area contributed by atoms with Crippen LogP contribution in [0.3, 0.4) is 0 Å². The van der Waals surface area contributed by atoms with E-state index in [4.69, 9.17) is 30.6 Å². The number of nitrogens with zero attached hydrogens (tertiary/aromatic N) is 22. The Morgan fingerprint density at radius 1 is 0.386 bits per heavy atom. The number of hydrogen-bond acceptors (Lipinski definition) is 30. The SMILES string of the molecule is O=C([O-])Cn1cnnn1.O=C([O-])Cn1cnnn1.O=C([O-])Cn1cnnn1.O=C([O-])Cn1cnnn1.O=[N+]([O-])[O-].O=[N+]([O-])[O-].[Gd+3].[Gd+3].c1ccc(-c2ccccn2)nc1.c1ccc(-c2ccccn2)nc1. The number of tetrazole rings is 4. The third-order valence-corrected chi connectivity index (χ3v) is 5.91. The molecule has 0 aromatic carbocycles. The van der Waals surface area contributed by atoms with Gasteiger partial charge in [-0.15, -0.1) is 20.4 Å². The van der Waals surface area contributed by atoms with Gasteiger partial charge < -0.3 is 70.2 Å². The molecule has 8 rings (SSSR count). The molecular weight excluding hydrogens is 1230 g/mol. The van der Waals surface area contributed by atoms with Gasteiger partial charge in [0.05, 0.1) is 83.0 Å². The fourth-order valence-corrected chi connectivity index (χ4v) is 3.60. The molecule has 0 amide bonds. The van der Waals surface area contributed by atoms with E-state index < -0.39 is 34.1 Å². The zero-order chi connectivity index (χ0) is 50.4. The Kier molecular flexibility index (Phi) is 36.4. The first-order valence-electron chi connectivity index (χ1n) is 17.5. The first kappa shape index (κ1) is 63.9. The summed E-state index contributed by atoms with van der Waals surface area (Å²) >= 11 is 0. The minimum Gasteiger partial charge on any atom is -0.548 e. The summed E-state index contributed by atoms with van der Waals surface area (Å²) in [5, 5.41) is 108. The number of rotatable bonds is 10. The third-order valence-electron chi connectivity index (χ3n) is 5.91. The van der Waals surface area contributed by atoms with Crippen LogP contribution in [0.25, 0.3) is 22.8 Å². The molecule has 0 bridgehead atoms. The maximum Gasteiger partial charge on any atom is 3.00 e. The van der Waals surface area contributed by atoms with E-state index in [1.807, 2.05) is 72.8 Å². The fraction of sp³-hybridized carbons (Fsp3) is 0.125. The van der Waals surface area contributed by atoms with Gasteiger partial charge in [-0.1, -0.05) is 24.3 Å². The van der Waals surface area contributed by atoms with Crippen LogP contribution >= 0.6 is 0 Å². The summed E-state index contributed by atoms with van der Waals surface area (Å²) in [4.78, 5) is 72.6. The minimum atomic E-state index is -1.75. The largest absolute Gasteiger partial charge is 3.00 e. The molecule has 0 saturated carbocycles. The normalized spacial score (nSPS) is 8.80. The maximum absolute atomic E-state index is 9.84. The summed E-state index contributed by atoms with van der Waals surface area (Å²) < 4.78 is 4.26. The van der Waals surface area contributed by atoms with Crippen LogP contribution in [0.15, 0.2) is 123 Å². The van der Waals surface area contributed by atoms with Crippen LogP contribution in [0.1, 0.15) is 0 Å². The molecule has 36 nitrogen and oxygen atoms in total. The van der Waals surface area contributed by atoms with Crippen molar-refractivity contribution < 1.29 is 130 Å². The topological polar surface area (TPSA) is 519 Å². The van der Waals surface area contributed by atoms with Crippen molar-refractivity contribution >= 4 is 23.9 Å².